The molecule has 2 saturated carbocycles. The number of halogens is 1. The van der Waals surface area contributed by atoms with Crippen molar-refractivity contribution in [3.8, 4) is 0 Å². The Morgan fingerprint density at radius 3 is 2.80 bits per heavy atom. The predicted molar refractivity (Wildman–Crippen MR) is 75.3 cm³/mol. The maximum Gasteiger partial charge on any atom is 0.228 e. The lowest BCUT2D eigenvalue weighted by atomic mass is 9.84. The number of aryl methyl sites for hydroxylation is 1. The van der Waals surface area contributed by atoms with Gasteiger partial charge in [0.2, 0.25) is 11.8 Å². The van der Waals surface area contributed by atoms with Crippen molar-refractivity contribution in [2.24, 2.45) is 23.5 Å². The highest BCUT2D eigenvalue weighted by Gasteiger charge is 2.48. The Morgan fingerprint density at radius 2 is 2.20 bits per heavy atom. The number of carbonyl (C=O) groups is 1. The van der Waals surface area contributed by atoms with Gasteiger partial charge in [-0.05, 0) is 38.0 Å². The number of nitrogens with two attached hydrogens (primary N) is 1. The van der Waals surface area contributed by atoms with E-state index in [1.54, 1.807) is 6.92 Å². The van der Waals surface area contributed by atoms with Gasteiger partial charge in [-0.1, -0.05) is 5.16 Å². The molecular weight excluding hydrogens is 280 g/mol. The van der Waals surface area contributed by atoms with E-state index in [-0.39, 0.29) is 30.3 Å². The average molecular weight is 301 g/mol. The summed E-state index contributed by atoms with van der Waals surface area (Å²) >= 11 is 0. The first kappa shape index (κ1) is 15.3. The third-order valence-electron chi connectivity index (χ3n) is 4.49. The Morgan fingerprint density at radius 1 is 1.45 bits per heavy atom. The molecule has 0 aliphatic heterocycles. The topological polar surface area (TPSA) is 94.0 Å². The Bertz CT molecular complexity index is 477. The third-order valence-corrected chi connectivity index (χ3v) is 4.49. The molecule has 0 radical (unpaired) electrons. The van der Waals surface area contributed by atoms with Crippen molar-refractivity contribution >= 4 is 18.3 Å². The molecule has 2 bridgehead atoms. The highest BCUT2D eigenvalue weighted by molar-refractivity contribution is 5.85. The standard InChI is InChI=1S/C13H20N4O2.ClH/c1-7-16-10(19-17-7)4-5-15-13(18)11-8-2-3-9(6-8)12(11)14;/h8-9,11-12H,2-6,14H2,1H3,(H,15,18);1H. The number of nitrogens with zero attached hydrogens (tertiary/aromatic N) is 2. The largest absolute Gasteiger partial charge is 0.355 e. The lowest BCUT2D eigenvalue weighted by molar-refractivity contribution is -0.127. The van der Waals surface area contributed by atoms with Crippen molar-refractivity contribution in [3.63, 3.8) is 0 Å². The summed E-state index contributed by atoms with van der Waals surface area (Å²) in [5.41, 5.74) is 6.15. The molecule has 2 aliphatic carbocycles. The number of aromatic nitrogens is 2. The van der Waals surface area contributed by atoms with Crippen LogP contribution in [0.2, 0.25) is 0 Å². The zero-order valence-electron chi connectivity index (χ0n) is 11.5. The number of fused-ring (bicyclic) bond motifs is 2. The molecule has 4 atom stereocenters. The summed E-state index contributed by atoms with van der Waals surface area (Å²) in [4.78, 5) is 16.3. The van der Waals surface area contributed by atoms with Crippen LogP contribution in [0.3, 0.4) is 0 Å². The van der Waals surface area contributed by atoms with Crippen LogP contribution in [0, 0.1) is 24.7 Å². The molecule has 20 heavy (non-hydrogen) atoms. The van der Waals surface area contributed by atoms with Gasteiger partial charge in [-0.2, -0.15) is 4.98 Å². The quantitative estimate of drug-likeness (QED) is 0.859. The molecule has 6 nitrogen and oxygen atoms in total. The van der Waals surface area contributed by atoms with E-state index in [0.29, 0.717) is 36.5 Å². The van der Waals surface area contributed by atoms with Crippen LogP contribution in [0.15, 0.2) is 4.52 Å². The normalized spacial score (nSPS) is 31.1. The van der Waals surface area contributed by atoms with Crippen molar-refractivity contribution < 1.29 is 9.32 Å². The Hall–Kier alpha value is -1.14. The molecule has 2 aliphatic rings. The summed E-state index contributed by atoms with van der Waals surface area (Å²) in [7, 11) is 0. The van der Waals surface area contributed by atoms with Crippen LogP contribution < -0.4 is 11.1 Å². The molecule has 1 aromatic rings. The lowest BCUT2D eigenvalue weighted by Gasteiger charge is -2.26. The summed E-state index contributed by atoms with van der Waals surface area (Å²) in [6.45, 7) is 2.31. The predicted octanol–water partition coefficient (Wildman–Crippen LogP) is 0.832. The van der Waals surface area contributed by atoms with Crippen molar-refractivity contribution in [1.29, 1.82) is 0 Å². The number of nitrogens with one attached hydrogen (secondary N) is 1. The zero-order chi connectivity index (χ0) is 13.4. The van der Waals surface area contributed by atoms with Gasteiger partial charge >= 0.3 is 0 Å². The average Bonchev–Trinajstić information content (AvgIpc) is 3.05. The summed E-state index contributed by atoms with van der Waals surface area (Å²) in [6.07, 6.45) is 4.04. The van der Waals surface area contributed by atoms with Gasteiger partial charge in [-0.3, -0.25) is 4.79 Å². The molecule has 1 heterocycles. The summed E-state index contributed by atoms with van der Waals surface area (Å²) in [5, 5.41) is 6.67. The van der Waals surface area contributed by atoms with E-state index in [9.17, 15) is 4.79 Å². The van der Waals surface area contributed by atoms with Crippen molar-refractivity contribution in [2.75, 3.05) is 6.54 Å². The van der Waals surface area contributed by atoms with E-state index in [1.807, 2.05) is 0 Å². The van der Waals surface area contributed by atoms with Crippen LogP contribution in [0.5, 0.6) is 0 Å². The molecule has 4 unspecified atom stereocenters. The van der Waals surface area contributed by atoms with E-state index in [4.69, 9.17) is 10.3 Å². The molecule has 0 spiro atoms. The second-order valence-corrected chi connectivity index (χ2v) is 5.71. The van der Waals surface area contributed by atoms with Gasteiger partial charge in [0.25, 0.3) is 0 Å². The molecule has 1 amide bonds. The van der Waals surface area contributed by atoms with E-state index in [2.05, 4.69) is 15.5 Å². The van der Waals surface area contributed by atoms with Gasteiger partial charge in [0.15, 0.2) is 5.82 Å². The second kappa shape index (κ2) is 6.10. The van der Waals surface area contributed by atoms with Crippen molar-refractivity contribution in [1.82, 2.24) is 15.5 Å². The molecule has 2 fully saturated rings. The summed E-state index contributed by atoms with van der Waals surface area (Å²) in [6, 6.07) is 0.0457. The Labute approximate surface area is 124 Å². The van der Waals surface area contributed by atoms with Gasteiger partial charge in [0, 0.05) is 19.0 Å². The molecular formula is C13H21ClN4O2. The smallest absolute Gasteiger partial charge is 0.228 e. The van der Waals surface area contributed by atoms with Gasteiger partial charge < -0.3 is 15.6 Å². The Balaban J connectivity index is 0.00000147. The number of hydrogen-bond acceptors (Lipinski definition) is 5. The fraction of sp³-hybridized carbons (Fsp3) is 0.769. The van der Waals surface area contributed by atoms with Crippen LogP contribution in [0.4, 0.5) is 0 Å². The molecule has 112 valence electrons. The van der Waals surface area contributed by atoms with E-state index in [1.165, 1.54) is 6.42 Å². The highest BCUT2D eigenvalue weighted by atomic mass is 35.5. The highest BCUT2D eigenvalue weighted by Crippen LogP contribution is 2.47. The Kier molecular flexibility index (Phi) is 4.65. The monoisotopic (exact) mass is 300 g/mol. The maximum absolute atomic E-state index is 12.2. The fourth-order valence-corrected chi connectivity index (χ4v) is 3.58. The zero-order valence-corrected chi connectivity index (χ0v) is 12.4. The minimum atomic E-state index is 0. The molecule has 0 saturated heterocycles. The van der Waals surface area contributed by atoms with E-state index >= 15 is 0 Å². The van der Waals surface area contributed by atoms with Crippen LogP contribution in [0.1, 0.15) is 31.0 Å². The molecule has 1 aromatic heterocycles. The summed E-state index contributed by atoms with van der Waals surface area (Å²) in [5.74, 6) is 2.33. The van der Waals surface area contributed by atoms with Crippen molar-refractivity contribution in [2.45, 2.75) is 38.6 Å². The lowest BCUT2D eigenvalue weighted by Crippen LogP contribution is -2.45. The van der Waals surface area contributed by atoms with Crippen LogP contribution in [0.25, 0.3) is 0 Å². The molecule has 3 N–H and O–H groups in total. The number of rotatable bonds is 4. The van der Waals surface area contributed by atoms with Crippen molar-refractivity contribution in [3.05, 3.63) is 11.7 Å². The van der Waals surface area contributed by atoms with Gasteiger partial charge in [0.05, 0.1) is 5.92 Å². The fourth-order valence-electron chi connectivity index (χ4n) is 3.58. The third kappa shape index (κ3) is 2.81. The molecule has 3 rings (SSSR count). The van der Waals surface area contributed by atoms with E-state index < -0.39 is 0 Å². The van der Waals surface area contributed by atoms with Gasteiger partial charge in [0.1, 0.15) is 0 Å². The van der Waals surface area contributed by atoms with Gasteiger partial charge in [-0.15, -0.1) is 12.4 Å². The number of hydrogen-bond donors (Lipinski definition) is 2. The van der Waals surface area contributed by atoms with Crippen LogP contribution in [-0.2, 0) is 11.2 Å². The summed E-state index contributed by atoms with van der Waals surface area (Å²) < 4.78 is 5.00. The number of carbonyl (C=O) groups excluding carboxylic acids is 1. The minimum absolute atomic E-state index is 0. The van der Waals surface area contributed by atoms with Gasteiger partial charge in [-0.25, -0.2) is 0 Å². The second-order valence-electron chi connectivity index (χ2n) is 5.71. The minimum Gasteiger partial charge on any atom is -0.355 e. The van der Waals surface area contributed by atoms with Crippen LogP contribution >= 0.6 is 12.4 Å². The maximum atomic E-state index is 12.2. The SMILES string of the molecule is Cc1noc(CCNC(=O)C2C3CCC(C3)C2N)n1.Cl. The first-order valence-electron chi connectivity index (χ1n) is 6.97. The first-order valence-corrected chi connectivity index (χ1v) is 6.97. The molecule has 7 heteroatoms. The first-order chi connectivity index (χ1) is 9.15. The number of amides is 1. The van der Waals surface area contributed by atoms with E-state index in [0.717, 1.165) is 12.8 Å². The molecule has 0 aromatic carbocycles. The van der Waals surface area contributed by atoms with Crippen LogP contribution in [-0.4, -0.2) is 28.6 Å².